The molecular weight excluding hydrogens is 380 g/mol. The fraction of sp³-hybridized carbons (Fsp3) is 1.00. The summed E-state index contributed by atoms with van der Waals surface area (Å²) in [6, 6.07) is 0. The minimum Gasteiger partial charge on any atom is -0.224 e. The predicted molar refractivity (Wildman–Crippen MR) is 62.5 cm³/mol. The van der Waals surface area contributed by atoms with Crippen molar-refractivity contribution < 1.29 is 30.7 Å². The van der Waals surface area contributed by atoms with Gasteiger partial charge in [0, 0.05) is 10.3 Å². The van der Waals surface area contributed by atoms with E-state index in [1.54, 1.807) is 0 Å². The van der Waals surface area contributed by atoms with Crippen molar-refractivity contribution in [2.24, 2.45) is 0 Å². The normalized spacial score (nSPS) is 15.8. The van der Waals surface area contributed by atoms with Gasteiger partial charge in [0.15, 0.2) is 0 Å². The van der Waals surface area contributed by atoms with E-state index in [-0.39, 0.29) is 6.42 Å². The Hall–Kier alpha value is 0.240. The van der Waals surface area contributed by atoms with E-state index in [9.17, 15) is 30.7 Å². The summed E-state index contributed by atoms with van der Waals surface area (Å²) in [7, 11) is 0. The van der Waals surface area contributed by atoms with Crippen molar-refractivity contribution in [3.05, 3.63) is 0 Å². The summed E-state index contributed by atoms with van der Waals surface area (Å²) in [6.07, 6.45) is -11.3. The van der Waals surface area contributed by atoms with Gasteiger partial charge in [-0.1, -0.05) is 48.8 Å². The van der Waals surface area contributed by atoms with Gasteiger partial charge in [-0.3, -0.25) is 0 Å². The first-order chi connectivity index (χ1) is 7.95. The third-order valence-electron chi connectivity index (χ3n) is 2.52. The standard InChI is InChI=1S/C10H14F7I/c1-2-3-4-5-7(18)6-8(11,9(12,13)14)10(15,16)17/h7H,2-6H2,1H3. The predicted octanol–water partition coefficient (Wildman–Crippen LogP) is 5.59. The third-order valence-corrected chi connectivity index (χ3v) is 3.59. The van der Waals surface area contributed by atoms with Gasteiger partial charge in [-0.15, -0.1) is 0 Å². The zero-order chi connectivity index (χ0) is 14.6. The lowest BCUT2D eigenvalue weighted by molar-refractivity contribution is -0.342. The van der Waals surface area contributed by atoms with Crippen LogP contribution in [0.25, 0.3) is 0 Å². The maximum Gasteiger partial charge on any atom is 0.431 e. The van der Waals surface area contributed by atoms with E-state index in [0.29, 0.717) is 12.8 Å². The van der Waals surface area contributed by atoms with Gasteiger partial charge >= 0.3 is 12.4 Å². The number of hydrogen-bond donors (Lipinski definition) is 0. The molecule has 8 heteroatoms. The van der Waals surface area contributed by atoms with Crippen molar-refractivity contribution in [1.82, 2.24) is 0 Å². The van der Waals surface area contributed by atoms with E-state index in [2.05, 4.69) is 0 Å². The molecule has 0 heterocycles. The second-order valence-electron chi connectivity index (χ2n) is 4.09. The molecule has 1 atom stereocenters. The Morgan fingerprint density at radius 3 is 1.67 bits per heavy atom. The van der Waals surface area contributed by atoms with Crippen LogP contribution in [0.3, 0.4) is 0 Å². The number of halogens is 8. The van der Waals surface area contributed by atoms with E-state index in [1.165, 1.54) is 22.6 Å². The van der Waals surface area contributed by atoms with E-state index in [0.717, 1.165) is 6.42 Å². The first-order valence-electron chi connectivity index (χ1n) is 5.42. The van der Waals surface area contributed by atoms with Gasteiger partial charge in [0.25, 0.3) is 5.67 Å². The van der Waals surface area contributed by atoms with Crippen molar-refractivity contribution in [3.63, 3.8) is 0 Å². The molecule has 0 saturated heterocycles. The number of unbranched alkanes of at least 4 members (excludes halogenated alkanes) is 2. The summed E-state index contributed by atoms with van der Waals surface area (Å²) < 4.78 is 85.8. The van der Waals surface area contributed by atoms with E-state index in [1.807, 2.05) is 6.92 Å². The van der Waals surface area contributed by atoms with E-state index in [4.69, 9.17) is 0 Å². The number of rotatable bonds is 6. The molecule has 0 radical (unpaired) electrons. The van der Waals surface area contributed by atoms with Crippen molar-refractivity contribution in [2.75, 3.05) is 0 Å². The number of alkyl halides is 8. The minimum absolute atomic E-state index is 0.145. The average molecular weight is 394 g/mol. The number of hydrogen-bond acceptors (Lipinski definition) is 0. The molecule has 0 rings (SSSR count). The lowest BCUT2D eigenvalue weighted by Crippen LogP contribution is -2.54. The Kier molecular flexibility index (Phi) is 6.69. The topological polar surface area (TPSA) is 0 Å². The van der Waals surface area contributed by atoms with Crippen LogP contribution < -0.4 is 0 Å². The van der Waals surface area contributed by atoms with Crippen LogP contribution in [-0.4, -0.2) is 21.9 Å². The molecule has 0 N–H and O–H groups in total. The van der Waals surface area contributed by atoms with Crippen LogP contribution in [0, 0.1) is 0 Å². The molecule has 0 aromatic rings. The van der Waals surface area contributed by atoms with Gasteiger partial charge in [0.2, 0.25) is 0 Å². The van der Waals surface area contributed by atoms with Crippen LogP contribution in [0.2, 0.25) is 0 Å². The largest absolute Gasteiger partial charge is 0.431 e. The van der Waals surface area contributed by atoms with Gasteiger partial charge in [-0.25, -0.2) is 4.39 Å². The first kappa shape index (κ1) is 18.2. The molecule has 0 amide bonds. The molecule has 1 unspecified atom stereocenters. The van der Waals surface area contributed by atoms with Crippen LogP contribution >= 0.6 is 22.6 Å². The molecule has 0 aromatic carbocycles. The molecule has 0 spiro atoms. The maximum absolute atomic E-state index is 13.3. The van der Waals surface area contributed by atoms with Gasteiger partial charge in [0.1, 0.15) is 0 Å². The van der Waals surface area contributed by atoms with Crippen molar-refractivity contribution in [2.45, 2.75) is 61.0 Å². The highest BCUT2D eigenvalue weighted by Gasteiger charge is 2.72. The molecule has 0 fully saturated rings. The van der Waals surface area contributed by atoms with Crippen LogP contribution in [0.1, 0.15) is 39.0 Å². The molecule has 0 aliphatic carbocycles. The minimum atomic E-state index is -5.93. The fourth-order valence-corrected chi connectivity index (χ4v) is 2.46. The van der Waals surface area contributed by atoms with Gasteiger partial charge in [-0.05, 0) is 6.42 Å². The van der Waals surface area contributed by atoms with Crippen molar-refractivity contribution in [1.29, 1.82) is 0 Å². The summed E-state index contributed by atoms with van der Waals surface area (Å²) >= 11 is 1.45. The lowest BCUT2D eigenvalue weighted by Gasteiger charge is -2.31. The van der Waals surface area contributed by atoms with Crippen LogP contribution in [0.5, 0.6) is 0 Å². The second kappa shape index (κ2) is 6.60. The Morgan fingerprint density at radius 2 is 1.33 bits per heavy atom. The Morgan fingerprint density at radius 1 is 0.889 bits per heavy atom. The SMILES string of the molecule is CCCCCC(I)CC(F)(C(F)(F)F)C(F)(F)F. The molecule has 18 heavy (non-hydrogen) atoms. The molecule has 110 valence electrons. The summed E-state index contributed by atoms with van der Waals surface area (Å²) in [5.74, 6) is 0. The first-order valence-corrected chi connectivity index (χ1v) is 6.66. The Labute approximate surface area is 114 Å². The van der Waals surface area contributed by atoms with Crippen LogP contribution in [-0.2, 0) is 0 Å². The zero-order valence-corrected chi connectivity index (χ0v) is 11.8. The van der Waals surface area contributed by atoms with Crippen molar-refractivity contribution >= 4 is 22.6 Å². The molecule has 0 aliphatic heterocycles. The maximum atomic E-state index is 13.3. The lowest BCUT2D eigenvalue weighted by atomic mass is 9.96. The summed E-state index contributed by atoms with van der Waals surface area (Å²) in [5, 5.41) is 0. The highest BCUT2D eigenvalue weighted by Crippen LogP contribution is 2.50. The molecule has 0 aromatic heterocycles. The average Bonchev–Trinajstić information content (AvgIpc) is 2.14. The molecular formula is C10H14F7I. The Balaban J connectivity index is 4.73. The highest BCUT2D eigenvalue weighted by molar-refractivity contribution is 14.1. The summed E-state index contributed by atoms with van der Waals surface area (Å²) in [5.41, 5.74) is -5.11. The van der Waals surface area contributed by atoms with E-state index < -0.39 is 28.4 Å². The summed E-state index contributed by atoms with van der Waals surface area (Å²) in [6.45, 7) is 1.85. The summed E-state index contributed by atoms with van der Waals surface area (Å²) in [4.78, 5) is 0. The molecule has 0 nitrogen and oxygen atoms in total. The van der Waals surface area contributed by atoms with Crippen LogP contribution in [0.4, 0.5) is 30.7 Å². The monoisotopic (exact) mass is 394 g/mol. The van der Waals surface area contributed by atoms with Gasteiger partial charge in [0.05, 0.1) is 0 Å². The fourth-order valence-electron chi connectivity index (χ4n) is 1.42. The third kappa shape index (κ3) is 4.73. The van der Waals surface area contributed by atoms with Gasteiger partial charge in [-0.2, -0.15) is 26.3 Å². The molecule has 0 saturated carbocycles. The second-order valence-corrected chi connectivity index (χ2v) is 5.86. The highest BCUT2D eigenvalue weighted by atomic mass is 127. The zero-order valence-electron chi connectivity index (χ0n) is 9.64. The van der Waals surface area contributed by atoms with Crippen molar-refractivity contribution in [3.8, 4) is 0 Å². The molecule has 0 aliphatic rings. The van der Waals surface area contributed by atoms with E-state index >= 15 is 0 Å². The quantitative estimate of drug-likeness (QED) is 0.238. The smallest absolute Gasteiger partial charge is 0.224 e. The van der Waals surface area contributed by atoms with Crippen LogP contribution in [0.15, 0.2) is 0 Å². The van der Waals surface area contributed by atoms with Gasteiger partial charge < -0.3 is 0 Å². The Bertz CT molecular complexity index is 232. The molecule has 0 bridgehead atoms.